The molecule has 1 nitrogen and oxygen atoms in total. The molecule has 2 saturated carbocycles. The Kier molecular flexibility index (Phi) is 3.16. The summed E-state index contributed by atoms with van der Waals surface area (Å²) in [6.07, 6.45) is 6.10. The van der Waals surface area contributed by atoms with E-state index in [0.717, 1.165) is 36.3 Å². The van der Waals surface area contributed by atoms with E-state index in [1.54, 1.807) is 6.42 Å². The molecule has 0 amide bonds. The molecule has 0 saturated heterocycles. The molecule has 0 aromatic rings. The Labute approximate surface area is 88.7 Å². The molecule has 0 aromatic carbocycles. The lowest BCUT2D eigenvalue weighted by atomic mass is 9.79. The van der Waals surface area contributed by atoms with Crippen molar-refractivity contribution in [1.82, 2.24) is 5.32 Å². The maximum absolute atomic E-state index is 3.71. The SMILES string of the molecule is CCNC(C(C)C)C1CC2CCC1C2. The Balaban J connectivity index is 1.97. The van der Waals surface area contributed by atoms with Gasteiger partial charge in [0.05, 0.1) is 0 Å². The zero-order chi connectivity index (χ0) is 10.1. The number of nitrogens with one attached hydrogen (secondary N) is 1. The zero-order valence-electron chi connectivity index (χ0n) is 9.92. The first kappa shape index (κ1) is 10.5. The van der Waals surface area contributed by atoms with Crippen LogP contribution in [0.3, 0.4) is 0 Å². The van der Waals surface area contributed by atoms with Crippen molar-refractivity contribution in [2.24, 2.45) is 23.7 Å². The van der Waals surface area contributed by atoms with Crippen LogP contribution in [0, 0.1) is 23.7 Å². The van der Waals surface area contributed by atoms with E-state index < -0.39 is 0 Å². The minimum Gasteiger partial charge on any atom is -0.314 e. The van der Waals surface area contributed by atoms with E-state index in [-0.39, 0.29) is 0 Å². The largest absolute Gasteiger partial charge is 0.314 e. The summed E-state index contributed by atoms with van der Waals surface area (Å²) in [4.78, 5) is 0. The van der Waals surface area contributed by atoms with Crippen LogP contribution in [0.15, 0.2) is 0 Å². The summed E-state index contributed by atoms with van der Waals surface area (Å²) in [6.45, 7) is 8.12. The van der Waals surface area contributed by atoms with Gasteiger partial charge in [0.1, 0.15) is 0 Å². The standard InChI is InChI=1S/C13H25N/c1-4-14-13(9(2)3)12-8-10-5-6-11(12)7-10/h9-14H,4-8H2,1-3H3. The molecule has 1 heteroatoms. The van der Waals surface area contributed by atoms with Gasteiger partial charge in [-0.05, 0) is 49.5 Å². The van der Waals surface area contributed by atoms with Gasteiger partial charge in [-0.2, -0.15) is 0 Å². The summed E-state index contributed by atoms with van der Waals surface area (Å²) in [6, 6.07) is 0.787. The Bertz CT molecular complexity index is 188. The Morgan fingerprint density at radius 2 is 2.00 bits per heavy atom. The van der Waals surface area contributed by atoms with Gasteiger partial charge in [-0.25, -0.2) is 0 Å². The molecule has 0 spiro atoms. The number of rotatable bonds is 4. The highest BCUT2D eigenvalue weighted by Crippen LogP contribution is 2.50. The van der Waals surface area contributed by atoms with Crippen molar-refractivity contribution >= 4 is 0 Å². The van der Waals surface area contributed by atoms with Gasteiger partial charge >= 0.3 is 0 Å². The van der Waals surface area contributed by atoms with E-state index in [1.165, 1.54) is 19.3 Å². The molecule has 14 heavy (non-hydrogen) atoms. The van der Waals surface area contributed by atoms with Crippen LogP contribution in [0.1, 0.15) is 46.5 Å². The van der Waals surface area contributed by atoms with E-state index in [1.807, 2.05) is 0 Å². The van der Waals surface area contributed by atoms with Gasteiger partial charge in [0, 0.05) is 6.04 Å². The minimum atomic E-state index is 0.787. The summed E-state index contributed by atoms with van der Waals surface area (Å²) in [5.74, 6) is 3.95. The van der Waals surface area contributed by atoms with Crippen molar-refractivity contribution in [3.63, 3.8) is 0 Å². The highest BCUT2D eigenvalue weighted by atomic mass is 14.9. The molecule has 2 aliphatic carbocycles. The first-order valence-corrected chi connectivity index (χ1v) is 6.45. The molecule has 0 radical (unpaired) electrons. The molecule has 2 aliphatic rings. The predicted molar refractivity (Wildman–Crippen MR) is 61.2 cm³/mol. The molecule has 4 atom stereocenters. The molecule has 4 unspecified atom stereocenters. The molecule has 2 rings (SSSR count). The molecule has 0 heterocycles. The van der Waals surface area contributed by atoms with Crippen LogP contribution in [0.5, 0.6) is 0 Å². The van der Waals surface area contributed by atoms with E-state index in [2.05, 4.69) is 26.1 Å². The normalized spacial score (nSPS) is 38.1. The molecule has 2 fully saturated rings. The molecule has 82 valence electrons. The van der Waals surface area contributed by atoms with Crippen LogP contribution in [0.2, 0.25) is 0 Å². The van der Waals surface area contributed by atoms with Gasteiger partial charge in [0.15, 0.2) is 0 Å². The predicted octanol–water partition coefficient (Wildman–Crippen LogP) is 3.06. The zero-order valence-corrected chi connectivity index (χ0v) is 9.92. The quantitative estimate of drug-likeness (QED) is 0.727. The van der Waals surface area contributed by atoms with Crippen molar-refractivity contribution in [1.29, 1.82) is 0 Å². The average Bonchev–Trinajstić information content (AvgIpc) is 2.74. The Morgan fingerprint density at radius 3 is 2.43 bits per heavy atom. The van der Waals surface area contributed by atoms with E-state index in [9.17, 15) is 0 Å². The monoisotopic (exact) mass is 195 g/mol. The number of hydrogen-bond donors (Lipinski definition) is 1. The second-order valence-corrected chi connectivity index (χ2v) is 5.67. The smallest absolute Gasteiger partial charge is 0.0121 e. The van der Waals surface area contributed by atoms with E-state index >= 15 is 0 Å². The van der Waals surface area contributed by atoms with Gasteiger partial charge in [-0.15, -0.1) is 0 Å². The second kappa shape index (κ2) is 4.22. The van der Waals surface area contributed by atoms with E-state index in [4.69, 9.17) is 0 Å². The molecule has 0 aromatic heterocycles. The third-order valence-corrected chi connectivity index (χ3v) is 4.41. The highest BCUT2D eigenvalue weighted by molar-refractivity contribution is 4.96. The van der Waals surface area contributed by atoms with Crippen molar-refractivity contribution in [3.05, 3.63) is 0 Å². The fraction of sp³-hybridized carbons (Fsp3) is 1.00. The Morgan fingerprint density at radius 1 is 1.21 bits per heavy atom. The lowest BCUT2D eigenvalue weighted by Gasteiger charge is -2.33. The van der Waals surface area contributed by atoms with Crippen LogP contribution in [-0.4, -0.2) is 12.6 Å². The van der Waals surface area contributed by atoms with Gasteiger partial charge in [-0.1, -0.05) is 27.2 Å². The maximum atomic E-state index is 3.71. The summed E-state index contributed by atoms with van der Waals surface area (Å²) in [5, 5.41) is 3.71. The molecule has 0 aliphatic heterocycles. The lowest BCUT2D eigenvalue weighted by molar-refractivity contribution is 0.208. The molecular weight excluding hydrogens is 170 g/mol. The Hall–Kier alpha value is -0.0400. The first-order valence-electron chi connectivity index (χ1n) is 6.45. The van der Waals surface area contributed by atoms with Crippen LogP contribution in [-0.2, 0) is 0 Å². The van der Waals surface area contributed by atoms with Gasteiger partial charge in [0.25, 0.3) is 0 Å². The van der Waals surface area contributed by atoms with Crippen LogP contribution in [0.25, 0.3) is 0 Å². The van der Waals surface area contributed by atoms with Crippen LogP contribution < -0.4 is 5.32 Å². The third kappa shape index (κ3) is 1.84. The van der Waals surface area contributed by atoms with Crippen molar-refractivity contribution < 1.29 is 0 Å². The fourth-order valence-corrected chi connectivity index (χ4v) is 3.85. The first-order chi connectivity index (χ1) is 6.72. The van der Waals surface area contributed by atoms with Gasteiger partial charge < -0.3 is 5.32 Å². The van der Waals surface area contributed by atoms with Crippen molar-refractivity contribution in [2.75, 3.05) is 6.54 Å². The van der Waals surface area contributed by atoms with Crippen LogP contribution >= 0.6 is 0 Å². The van der Waals surface area contributed by atoms with Crippen molar-refractivity contribution in [3.8, 4) is 0 Å². The number of fused-ring (bicyclic) bond motifs is 2. The molecule has 2 bridgehead atoms. The summed E-state index contributed by atoms with van der Waals surface area (Å²) in [5.41, 5.74) is 0. The highest BCUT2D eigenvalue weighted by Gasteiger charge is 2.43. The average molecular weight is 195 g/mol. The van der Waals surface area contributed by atoms with E-state index in [0.29, 0.717) is 0 Å². The minimum absolute atomic E-state index is 0.787. The summed E-state index contributed by atoms with van der Waals surface area (Å²) in [7, 11) is 0. The maximum Gasteiger partial charge on any atom is 0.0121 e. The topological polar surface area (TPSA) is 12.0 Å². The third-order valence-electron chi connectivity index (χ3n) is 4.41. The number of hydrogen-bond acceptors (Lipinski definition) is 1. The van der Waals surface area contributed by atoms with Gasteiger partial charge in [0.2, 0.25) is 0 Å². The molecule has 1 N–H and O–H groups in total. The summed E-state index contributed by atoms with van der Waals surface area (Å²) >= 11 is 0. The lowest BCUT2D eigenvalue weighted by Crippen LogP contribution is -2.42. The van der Waals surface area contributed by atoms with Gasteiger partial charge in [-0.3, -0.25) is 0 Å². The second-order valence-electron chi connectivity index (χ2n) is 5.67. The summed E-state index contributed by atoms with van der Waals surface area (Å²) < 4.78 is 0. The molecular formula is C13H25N. The van der Waals surface area contributed by atoms with Crippen LogP contribution in [0.4, 0.5) is 0 Å². The van der Waals surface area contributed by atoms with Crippen molar-refractivity contribution in [2.45, 2.75) is 52.5 Å². The fourth-order valence-electron chi connectivity index (χ4n) is 3.85.